The first kappa shape index (κ1) is 16.7. The number of benzene rings is 2. The van der Waals surface area contributed by atoms with Crippen LogP contribution in [0.4, 0.5) is 0 Å². The number of hydrogen-bond acceptors (Lipinski definition) is 2. The second-order valence-electron chi connectivity index (χ2n) is 7.68. The van der Waals surface area contributed by atoms with Crippen LogP contribution in [0.1, 0.15) is 30.4 Å². The summed E-state index contributed by atoms with van der Waals surface area (Å²) in [5.41, 5.74) is 2.82. The molecule has 2 aliphatic heterocycles. The van der Waals surface area contributed by atoms with Crippen LogP contribution in [0.3, 0.4) is 0 Å². The third kappa shape index (κ3) is 4.43. The first-order valence-corrected chi connectivity index (χ1v) is 9.75. The molecule has 2 aromatic carbocycles. The van der Waals surface area contributed by atoms with E-state index >= 15 is 0 Å². The quantitative estimate of drug-likeness (QED) is 0.804. The number of aryl methyl sites for hydroxylation is 1. The van der Waals surface area contributed by atoms with Crippen molar-refractivity contribution < 1.29 is 4.74 Å². The average Bonchev–Trinajstić information content (AvgIpc) is 2.68. The van der Waals surface area contributed by atoms with Crippen LogP contribution in [0.15, 0.2) is 48.5 Å². The molecule has 1 atom stereocenters. The summed E-state index contributed by atoms with van der Waals surface area (Å²) in [6, 6.07) is 20.1. The summed E-state index contributed by atoms with van der Waals surface area (Å²) in [6.45, 7) is 4.57. The Bertz CT molecular complexity index is 661. The molecule has 25 heavy (non-hydrogen) atoms. The molecular weight excluding hydrogens is 306 g/mol. The van der Waals surface area contributed by atoms with Crippen LogP contribution in [-0.4, -0.2) is 31.1 Å². The van der Waals surface area contributed by atoms with Gasteiger partial charge in [-0.3, -0.25) is 0 Å². The van der Waals surface area contributed by atoms with Gasteiger partial charge in [0.25, 0.3) is 0 Å². The van der Waals surface area contributed by atoms with Crippen molar-refractivity contribution in [3.63, 3.8) is 0 Å². The Morgan fingerprint density at radius 1 is 1.04 bits per heavy atom. The topological polar surface area (TPSA) is 12.5 Å². The average molecular weight is 334 g/mol. The molecule has 0 aromatic heterocycles. The minimum atomic E-state index is 0.645. The Morgan fingerprint density at radius 3 is 2.76 bits per heavy atom. The first-order chi connectivity index (χ1) is 12.4. The lowest BCUT2D eigenvalue weighted by atomic mass is 9.89. The molecule has 2 nitrogen and oxygen atoms in total. The van der Waals surface area contributed by atoms with E-state index in [9.17, 15) is 0 Å². The van der Waals surface area contributed by atoms with Gasteiger partial charge in [0, 0.05) is 12.5 Å². The van der Waals surface area contributed by atoms with Gasteiger partial charge in [0.05, 0.1) is 6.61 Å². The molecule has 131 valence electrons. The van der Waals surface area contributed by atoms with Gasteiger partial charge in [0.2, 0.25) is 0 Å². The Kier molecular flexibility index (Phi) is 5.37. The van der Waals surface area contributed by atoms with Crippen LogP contribution in [-0.2, 0) is 12.8 Å². The van der Waals surface area contributed by atoms with Crippen molar-refractivity contribution in [1.29, 1.82) is 0 Å². The molecule has 1 fully saturated rings. The second kappa shape index (κ2) is 8.05. The van der Waals surface area contributed by atoms with Crippen molar-refractivity contribution in [2.24, 2.45) is 11.8 Å². The van der Waals surface area contributed by atoms with Crippen LogP contribution in [0.25, 0.3) is 0 Å². The van der Waals surface area contributed by atoms with Gasteiger partial charge in [-0.05, 0) is 74.4 Å². The summed E-state index contributed by atoms with van der Waals surface area (Å²) in [4.78, 5) is 2.66. The number of piperidine rings is 1. The third-order valence-corrected chi connectivity index (χ3v) is 5.79. The van der Waals surface area contributed by atoms with Gasteiger partial charge in [-0.2, -0.15) is 0 Å². The molecular formula is C23H28NO. The van der Waals surface area contributed by atoms with Gasteiger partial charge in [-0.25, -0.2) is 0 Å². The van der Waals surface area contributed by atoms with Crippen LogP contribution >= 0.6 is 0 Å². The molecule has 2 heteroatoms. The zero-order valence-corrected chi connectivity index (χ0v) is 15.0. The molecule has 2 heterocycles. The van der Waals surface area contributed by atoms with E-state index in [1.807, 2.05) is 6.07 Å². The number of likely N-dealkylation sites (tertiary alicyclic amines) is 1. The van der Waals surface area contributed by atoms with E-state index in [2.05, 4.69) is 53.4 Å². The molecule has 0 spiro atoms. The van der Waals surface area contributed by atoms with Gasteiger partial charge in [0.15, 0.2) is 0 Å². The third-order valence-electron chi connectivity index (χ3n) is 5.79. The second-order valence-corrected chi connectivity index (χ2v) is 7.68. The largest absolute Gasteiger partial charge is 0.493 e. The highest BCUT2D eigenvalue weighted by atomic mass is 16.5. The van der Waals surface area contributed by atoms with Gasteiger partial charge in [0.1, 0.15) is 5.75 Å². The van der Waals surface area contributed by atoms with Crippen molar-refractivity contribution >= 4 is 0 Å². The number of nitrogens with zero attached hydrogens (tertiary/aromatic N) is 1. The molecule has 4 rings (SSSR count). The molecule has 1 unspecified atom stereocenters. The van der Waals surface area contributed by atoms with Crippen molar-refractivity contribution in [1.82, 2.24) is 4.90 Å². The maximum absolute atomic E-state index is 5.96. The molecule has 1 saturated heterocycles. The van der Waals surface area contributed by atoms with Crippen molar-refractivity contribution in [3.05, 3.63) is 65.7 Å². The summed E-state index contributed by atoms with van der Waals surface area (Å²) < 4.78 is 5.96. The minimum absolute atomic E-state index is 0.645. The highest BCUT2D eigenvalue weighted by Crippen LogP contribution is 2.28. The van der Waals surface area contributed by atoms with Crippen LogP contribution in [0, 0.1) is 17.9 Å². The minimum Gasteiger partial charge on any atom is -0.493 e. The number of hydrogen-bond donors (Lipinski definition) is 0. The molecule has 0 amide bonds. The Balaban J connectivity index is 1.20. The Morgan fingerprint density at radius 2 is 1.92 bits per heavy atom. The number of rotatable bonds is 5. The van der Waals surface area contributed by atoms with E-state index < -0.39 is 0 Å². The molecule has 1 radical (unpaired) electrons. The fourth-order valence-corrected chi connectivity index (χ4v) is 4.29. The van der Waals surface area contributed by atoms with Crippen molar-refractivity contribution in [3.8, 4) is 5.75 Å². The normalized spacial score (nSPS) is 21.5. The highest BCUT2D eigenvalue weighted by Gasteiger charge is 2.25. The lowest BCUT2D eigenvalue weighted by molar-refractivity contribution is 0.124. The van der Waals surface area contributed by atoms with E-state index in [1.165, 1.54) is 62.9 Å². The lowest BCUT2D eigenvalue weighted by Gasteiger charge is -2.35. The van der Waals surface area contributed by atoms with Gasteiger partial charge in [-0.1, -0.05) is 42.5 Å². The predicted octanol–water partition coefficient (Wildman–Crippen LogP) is 4.38. The number of ether oxygens (including phenoxy) is 1. The van der Waals surface area contributed by atoms with E-state index in [4.69, 9.17) is 4.74 Å². The van der Waals surface area contributed by atoms with Crippen LogP contribution in [0.2, 0.25) is 0 Å². The summed E-state index contributed by atoms with van der Waals surface area (Å²) in [6.07, 6.45) is 6.39. The van der Waals surface area contributed by atoms with Crippen molar-refractivity contribution in [2.45, 2.75) is 32.1 Å². The number of fused-ring (bicyclic) bond motifs is 1. The van der Waals surface area contributed by atoms with Gasteiger partial charge >= 0.3 is 0 Å². The van der Waals surface area contributed by atoms with E-state index in [-0.39, 0.29) is 0 Å². The monoisotopic (exact) mass is 334 g/mol. The summed E-state index contributed by atoms with van der Waals surface area (Å²) in [5.74, 6) is 2.63. The Labute approximate surface area is 151 Å². The van der Waals surface area contributed by atoms with Crippen molar-refractivity contribution in [2.75, 3.05) is 26.2 Å². The SMILES string of the molecule is [c]1cccc(CCC2CCN(CC3COc4ccccc4C3)CC2)c1. The van der Waals surface area contributed by atoms with Crippen LogP contribution in [0.5, 0.6) is 5.75 Å². The molecule has 0 saturated carbocycles. The first-order valence-electron chi connectivity index (χ1n) is 9.75. The summed E-state index contributed by atoms with van der Waals surface area (Å²) in [7, 11) is 0. The molecule has 2 aromatic rings. The molecule has 0 aliphatic carbocycles. The van der Waals surface area contributed by atoms with Gasteiger partial charge in [-0.15, -0.1) is 0 Å². The maximum Gasteiger partial charge on any atom is 0.122 e. The zero-order chi connectivity index (χ0) is 16.9. The zero-order valence-electron chi connectivity index (χ0n) is 15.0. The summed E-state index contributed by atoms with van der Waals surface area (Å²) >= 11 is 0. The van der Waals surface area contributed by atoms with Gasteiger partial charge < -0.3 is 9.64 Å². The molecule has 0 N–H and O–H groups in total. The van der Waals surface area contributed by atoms with E-state index in [0.29, 0.717) is 5.92 Å². The lowest BCUT2D eigenvalue weighted by Crippen LogP contribution is -2.40. The predicted molar refractivity (Wildman–Crippen MR) is 102 cm³/mol. The smallest absolute Gasteiger partial charge is 0.122 e. The Hall–Kier alpha value is -1.80. The summed E-state index contributed by atoms with van der Waals surface area (Å²) in [5, 5.41) is 0. The fourth-order valence-electron chi connectivity index (χ4n) is 4.29. The molecule has 0 bridgehead atoms. The molecule has 2 aliphatic rings. The van der Waals surface area contributed by atoms with E-state index in [0.717, 1.165) is 18.3 Å². The standard InChI is InChI=1S/C23H28NO/c1-2-6-19(7-3-1)10-11-20-12-14-24(15-13-20)17-21-16-22-8-4-5-9-23(22)25-18-21/h1-2,4-9,20-21H,10-18H2. The number of para-hydroxylation sites is 1. The maximum atomic E-state index is 5.96. The highest BCUT2D eigenvalue weighted by molar-refractivity contribution is 5.35. The van der Waals surface area contributed by atoms with Crippen LogP contribution < -0.4 is 4.74 Å². The van der Waals surface area contributed by atoms with E-state index in [1.54, 1.807) is 0 Å². The fraction of sp³-hybridized carbons (Fsp3) is 0.478.